The minimum atomic E-state index is 0.302. The van der Waals surface area contributed by atoms with Gasteiger partial charge in [0.25, 0.3) is 0 Å². The summed E-state index contributed by atoms with van der Waals surface area (Å²) in [5, 5.41) is 3.55. The van der Waals surface area contributed by atoms with Crippen molar-refractivity contribution in [2.45, 2.75) is 18.9 Å². The van der Waals surface area contributed by atoms with E-state index in [2.05, 4.69) is 11.4 Å². The van der Waals surface area contributed by atoms with Gasteiger partial charge in [-0.1, -0.05) is 11.6 Å². The second-order valence-electron chi connectivity index (χ2n) is 4.73. The van der Waals surface area contributed by atoms with Crippen molar-refractivity contribution >= 4 is 28.6 Å². The Morgan fingerprint density at radius 1 is 1.25 bits per heavy atom. The summed E-state index contributed by atoms with van der Waals surface area (Å²) >= 11 is 7.78. The Morgan fingerprint density at radius 3 is 2.85 bits per heavy atom. The molecule has 0 saturated heterocycles. The van der Waals surface area contributed by atoms with E-state index in [-0.39, 0.29) is 0 Å². The van der Waals surface area contributed by atoms with E-state index in [1.165, 1.54) is 10.4 Å². The van der Waals surface area contributed by atoms with Crippen LogP contribution in [0.4, 0.5) is 5.69 Å². The second-order valence-corrected chi connectivity index (χ2v) is 6.50. The normalized spacial score (nSPS) is 16.9. The van der Waals surface area contributed by atoms with E-state index in [4.69, 9.17) is 21.1 Å². The number of benzene rings is 1. The fourth-order valence-electron chi connectivity index (χ4n) is 2.59. The zero-order valence-corrected chi connectivity index (χ0v) is 13.0. The molecule has 3 nitrogen and oxygen atoms in total. The summed E-state index contributed by atoms with van der Waals surface area (Å²) in [6, 6.07) is 8.18. The molecule has 1 aromatic heterocycles. The zero-order chi connectivity index (χ0) is 14.1. The predicted molar refractivity (Wildman–Crippen MR) is 83.6 cm³/mol. The topological polar surface area (TPSA) is 30.5 Å². The summed E-state index contributed by atoms with van der Waals surface area (Å²) < 4.78 is 11.5. The predicted octanol–water partition coefficient (Wildman–Crippen LogP) is 4.52. The summed E-state index contributed by atoms with van der Waals surface area (Å²) in [6.45, 7) is 0. The first-order valence-corrected chi connectivity index (χ1v) is 7.67. The number of halogens is 1. The minimum Gasteiger partial charge on any atom is -0.497 e. The van der Waals surface area contributed by atoms with Crippen LogP contribution in [0.2, 0.25) is 4.34 Å². The average Bonchev–Trinajstić information content (AvgIpc) is 2.99. The fraction of sp³-hybridized carbons (Fsp3) is 0.333. The molecule has 1 heterocycles. The number of methoxy groups -OCH3 is 2. The van der Waals surface area contributed by atoms with Crippen LogP contribution in [0.1, 0.15) is 22.9 Å². The highest BCUT2D eigenvalue weighted by atomic mass is 35.5. The highest BCUT2D eigenvalue weighted by molar-refractivity contribution is 7.16. The zero-order valence-electron chi connectivity index (χ0n) is 11.4. The minimum absolute atomic E-state index is 0.302. The van der Waals surface area contributed by atoms with Crippen molar-refractivity contribution in [2.75, 3.05) is 19.5 Å². The highest BCUT2D eigenvalue weighted by Crippen LogP contribution is 2.42. The van der Waals surface area contributed by atoms with Crippen LogP contribution in [0.15, 0.2) is 24.3 Å². The van der Waals surface area contributed by atoms with Crippen LogP contribution in [0.5, 0.6) is 11.5 Å². The van der Waals surface area contributed by atoms with Gasteiger partial charge in [0.2, 0.25) is 0 Å². The van der Waals surface area contributed by atoms with Crippen molar-refractivity contribution in [1.82, 2.24) is 0 Å². The number of anilines is 1. The Kier molecular flexibility index (Phi) is 3.76. The molecule has 1 N–H and O–H groups in total. The summed E-state index contributed by atoms with van der Waals surface area (Å²) in [4.78, 5) is 1.39. The third-order valence-corrected chi connectivity index (χ3v) is 4.93. The Balaban J connectivity index is 1.85. The molecule has 0 saturated carbocycles. The molecule has 106 valence electrons. The standard InChI is InChI=1S/C15H16ClNO2S/c1-18-9-3-4-12(13(7-9)19-2)17-11-5-6-14-10(11)8-15(16)20-14/h3-4,7-8,11,17H,5-6H2,1-2H3. The molecule has 1 aromatic carbocycles. The molecular weight excluding hydrogens is 294 g/mol. The number of hydrogen-bond donors (Lipinski definition) is 1. The van der Waals surface area contributed by atoms with E-state index in [9.17, 15) is 0 Å². The van der Waals surface area contributed by atoms with Crippen molar-refractivity contribution in [3.8, 4) is 11.5 Å². The molecule has 0 radical (unpaired) electrons. The maximum absolute atomic E-state index is 6.09. The molecule has 0 fully saturated rings. The number of fused-ring (bicyclic) bond motifs is 1. The summed E-state index contributed by atoms with van der Waals surface area (Å²) in [7, 11) is 3.32. The van der Waals surface area contributed by atoms with Crippen molar-refractivity contribution in [2.24, 2.45) is 0 Å². The van der Waals surface area contributed by atoms with Gasteiger partial charge >= 0.3 is 0 Å². The molecule has 0 spiro atoms. The molecular formula is C15H16ClNO2S. The number of rotatable bonds is 4. The lowest BCUT2D eigenvalue weighted by Crippen LogP contribution is -2.07. The molecule has 5 heteroatoms. The van der Waals surface area contributed by atoms with Crippen LogP contribution in [0.3, 0.4) is 0 Å². The second kappa shape index (κ2) is 5.54. The van der Waals surface area contributed by atoms with Crippen LogP contribution in [0.25, 0.3) is 0 Å². The first-order valence-electron chi connectivity index (χ1n) is 6.48. The molecule has 3 rings (SSSR count). The summed E-state index contributed by atoms with van der Waals surface area (Å²) in [5.41, 5.74) is 2.30. The maximum atomic E-state index is 6.09. The smallest absolute Gasteiger partial charge is 0.145 e. The molecule has 0 aliphatic heterocycles. The van der Waals surface area contributed by atoms with E-state index in [1.807, 2.05) is 18.2 Å². The Morgan fingerprint density at radius 2 is 2.10 bits per heavy atom. The molecule has 2 aromatic rings. The molecule has 20 heavy (non-hydrogen) atoms. The molecule has 1 aliphatic rings. The maximum Gasteiger partial charge on any atom is 0.145 e. The molecule has 1 unspecified atom stereocenters. The van der Waals surface area contributed by atoms with Gasteiger partial charge in [-0.3, -0.25) is 0 Å². The Hall–Kier alpha value is -1.39. The third kappa shape index (κ3) is 2.45. The lowest BCUT2D eigenvalue weighted by Gasteiger charge is -2.17. The first kappa shape index (κ1) is 13.6. The SMILES string of the molecule is COc1ccc(NC2CCc3sc(Cl)cc32)c(OC)c1. The van der Waals surface area contributed by atoms with Crippen molar-refractivity contribution in [3.05, 3.63) is 39.0 Å². The largest absolute Gasteiger partial charge is 0.497 e. The molecule has 1 atom stereocenters. The van der Waals surface area contributed by atoms with Crippen LogP contribution in [-0.2, 0) is 6.42 Å². The van der Waals surface area contributed by atoms with Crippen LogP contribution < -0.4 is 14.8 Å². The molecule has 0 bridgehead atoms. The van der Waals surface area contributed by atoms with Crippen LogP contribution in [-0.4, -0.2) is 14.2 Å². The number of thiophene rings is 1. The Bertz CT molecular complexity index is 626. The number of aryl methyl sites for hydroxylation is 1. The van der Waals surface area contributed by atoms with Gasteiger partial charge in [0, 0.05) is 10.9 Å². The molecule has 0 amide bonds. The number of hydrogen-bond acceptors (Lipinski definition) is 4. The van der Waals surface area contributed by atoms with Crippen LogP contribution >= 0.6 is 22.9 Å². The lowest BCUT2D eigenvalue weighted by molar-refractivity contribution is 0.395. The van der Waals surface area contributed by atoms with Gasteiger partial charge in [0.05, 0.1) is 30.3 Å². The van der Waals surface area contributed by atoms with Gasteiger partial charge in [-0.05, 0) is 36.6 Å². The quantitative estimate of drug-likeness (QED) is 0.901. The van der Waals surface area contributed by atoms with Crippen molar-refractivity contribution in [3.63, 3.8) is 0 Å². The van der Waals surface area contributed by atoms with E-state index < -0.39 is 0 Å². The summed E-state index contributed by atoms with van der Waals surface area (Å²) in [6.07, 6.45) is 2.18. The van der Waals surface area contributed by atoms with E-state index >= 15 is 0 Å². The van der Waals surface area contributed by atoms with Gasteiger partial charge in [-0.25, -0.2) is 0 Å². The van der Waals surface area contributed by atoms with Gasteiger partial charge < -0.3 is 14.8 Å². The number of ether oxygens (including phenoxy) is 2. The van der Waals surface area contributed by atoms with Crippen molar-refractivity contribution < 1.29 is 9.47 Å². The van der Waals surface area contributed by atoms with E-state index in [0.29, 0.717) is 6.04 Å². The van der Waals surface area contributed by atoms with Crippen LogP contribution in [0, 0.1) is 0 Å². The first-order chi connectivity index (χ1) is 9.71. The van der Waals surface area contributed by atoms with Gasteiger partial charge in [-0.15, -0.1) is 11.3 Å². The fourth-order valence-corrected chi connectivity index (χ4v) is 3.94. The van der Waals surface area contributed by atoms with Crippen molar-refractivity contribution in [1.29, 1.82) is 0 Å². The lowest BCUT2D eigenvalue weighted by atomic mass is 10.1. The highest BCUT2D eigenvalue weighted by Gasteiger charge is 2.25. The Labute approximate surface area is 127 Å². The summed E-state index contributed by atoms with van der Waals surface area (Å²) in [5.74, 6) is 1.58. The molecule has 1 aliphatic carbocycles. The number of nitrogens with one attached hydrogen (secondary N) is 1. The van der Waals surface area contributed by atoms with Gasteiger partial charge in [0.15, 0.2) is 0 Å². The van der Waals surface area contributed by atoms with Gasteiger partial charge in [-0.2, -0.15) is 0 Å². The van der Waals surface area contributed by atoms with E-state index in [1.54, 1.807) is 25.6 Å². The third-order valence-electron chi connectivity index (χ3n) is 3.59. The monoisotopic (exact) mass is 309 g/mol. The van der Waals surface area contributed by atoms with Gasteiger partial charge in [0.1, 0.15) is 11.5 Å². The average molecular weight is 310 g/mol. The van der Waals surface area contributed by atoms with E-state index in [0.717, 1.165) is 34.4 Å².